The summed E-state index contributed by atoms with van der Waals surface area (Å²) < 4.78 is 19.6. The minimum Gasteiger partial charge on any atom is -0.507 e. The Labute approximate surface area is 173 Å². The largest absolute Gasteiger partial charge is 0.507 e. The lowest BCUT2D eigenvalue weighted by Crippen LogP contribution is -2.34. The van der Waals surface area contributed by atoms with Gasteiger partial charge >= 0.3 is 5.97 Å². The van der Waals surface area contributed by atoms with E-state index in [1.165, 1.54) is 13.0 Å². The Kier molecular flexibility index (Phi) is 8.05. The molecule has 0 saturated heterocycles. The molecule has 8 nitrogen and oxygen atoms in total. The molecular formula is C21H26FNO7. The third-order valence-electron chi connectivity index (χ3n) is 5.13. The molecule has 0 aliphatic carbocycles. The minimum absolute atomic E-state index is 0.0766. The van der Waals surface area contributed by atoms with Crippen molar-refractivity contribution in [2.45, 2.75) is 51.8 Å². The van der Waals surface area contributed by atoms with E-state index < -0.39 is 41.5 Å². The predicted molar refractivity (Wildman–Crippen MR) is 105 cm³/mol. The maximum atomic E-state index is 14.2. The van der Waals surface area contributed by atoms with Gasteiger partial charge < -0.3 is 20.3 Å². The van der Waals surface area contributed by atoms with E-state index in [4.69, 9.17) is 9.84 Å². The summed E-state index contributed by atoms with van der Waals surface area (Å²) in [6.45, 7) is 3.15. The highest BCUT2D eigenvalue weighted by atomic mass is 19.1. The number of rotatable bonds is 3. The van der Waals surface area contributed by atoms with Crippen molar-refractivity contribution in [1.82, 2.24) is 0 Å². The number of aliphatic hydroxyl groups excluding tert-OH is 1. The Hall–Kier alpha value is -2.81. The topological polar surface area (TPSA) is 130 Å². The average molecular weight is 423 g/mol. The van der Waals surface area contributed by atoms with Gasteiger partial charge in [-0.3, -0.25) is 14.4 Å². The van der Waals surface area contributed by atoms with Crippen LogP contribution < -0.4 is 5.32 Å². The van der Waals surface area contributed by atoms with Crippen LogP contribution >= 0.6 is 0 Å². The van der Waals surface area contributed by atoms with Gasteiger partial charge in [0, 0.05) is 24.7 Å². The summed E-state index contributed by atoms with van der Waals surface area (Å²) in [5.74, 6) is -5.49. The summed E-state index contributed by atoms with van der Waals surface area (Å²) in [6.07, 6.45) is -3.41. The van der Waals surface area contributed by atoms with Crippen LogP contribution in [0.3, 0.4) is 0 Å². The summed E-state index contributed by atoms with van der Waals surface area (Å²) >= 11 is 0. The fraction of sp³-hybridized carbons (Fsp3) is 0.524. The van der Waals surface area contributed by atoms with E-state index in [1.54, 1.807) is 13.0 Å². The van der Waals surface area contributed by atoms with Crippen LogP contribution in [0.1, 0.15) is 49.0 Å². The van der Waals surface area contributed by atoms with Gasteiger partial charge in [-0.15, -0.1) is 0 Å². The number of halogens is 1. The summed E-state index contributed by atoms with van der Waals surface area (Å²) in [6, 6.07) is 2.90. The number of aliphatic hydroxyl groups is 1. The van der Waals surface area contributed by atoms with Gasteiger partial charge in [0.1, 0.15) is 17.4 Å². The molecule has 0 spiro atoms. The molecule has 164 valence electrons. The van der Waals surface area contributed by atoms with Crippen molar-refractivity contribution in [3.63, 3.8) is 0 Å². The Balaban J connectivity index is 2.41. The third kappa shape index (κ3) is 5.63. The first-order valence-corrected chi connectivity index (χ1v) is 9.82. The van der Waals surface area contributed by atoms with Crippen molar-refractivity contribution >= 4 is 29.0 Å². The molecule has 1 unspecified atom stereocenters. The molecule has 0 aromatic heterocycles. The average Bonchev–Trinajstić information content (AvgIpc) is 2.69. The smallest absolute Gasteiger partial charge is 0.342 e. The number of alkyl halides is 1. The van der Waals surface area contributed by atoms with E-state index in [-0.39, 0.29) is 50.1 Å². The second kappa shape index (κ2) is 10.3. The molecule has 30 heavy (non-hydrogen) atoms. The molecule has 3 atom stereocenters. The van der Waals surface area contributed by atoms with Crippen molar-refractivity contribution in [3.05, 3.63) is 23.3 Å². The van der Waals surface area contributed by atoms with Crippen LogP contribution in [0.15, 0.2) is 12.1 Å². The number of carbonyl (C=O) groups is 4. The molecule has 0 amide bonds. The standard InChI is InChI=1S/C21H26FNO7/c1-11-8-15(22)19(27)20(28)16(25)5-3-4-13-9-14(23-6-7-24)10-17(26)18(13)21(29)30-12(11)2/h9-12,15,23-24,26H,3-8H2,1-2H3/t11-,12+,15?/m1/s1. The molecule has 1 aliphatic heterocycles. The van der Waals surface area contributed by atoms with Crippen LogP contribution in [0.5, 0.6) is 5.75 Å². The van der Waals surface area contributed by atoms with Gasteiger partial charge in [0.2, 0.25) is 11.6 Å². The highest BCUT2D eigenvalue weighted by molar-refractivity contribution is 6.64. The number of esters is 1. The molecule has 1 aliphatic rings. The summed E-state index contributed by atoms with van der Waals surface area (Å²) in [4.78, 5) is 48.6. The van der Waals surface area contributed by atoms with Gasteiger partial charge in [0.15, 0.2) is 6.17 Å². The first-order valence-electron chi connectivity index (χ1n) is 9.82. The summed E-state index contributed by atoms with van der Waals surface area (Å²) in [5, 5.41) is 22.2. The number of nitrogens with one attached hydrogen (secondary N) is 1. The van der Waals surface area contributed by atoms with Crippen molar-refractivity contribution in [2.24, 2.45) is 5.92 Å². The number of cyclic esters (lactones) is 1. The maximum absolute atomic E-state index is 14.2. The Morgan fingerprint density at radius 2 is 1.87 bits per heavy atom. The number of fused-ring (bicyclic) bond motifs is 1. The quantitative estimate of drug-likeness (QED) is 0.495. The SMILES string of the molecule is C[C@@H]1CC(F)C(=O)C(=O)C(=O)CCCc2cc(NCCO)cc(O)c2C(=O)O[C@H]1C. The number of carbonyl (C=O) groups excluding carboxylic acids is 4. The number of ether oxygens (including phenoxy) is 1. The number of Topliss-reactive ketones (excluding diaryl/α,β-unsaturated/α-hetero) is 3. The fourth-order valence-electron chi connectivity index (χ4n) is 3.22. The number of hydrogen-bond donors (Lipinski definition) is 3. The molecule has 0 fully saturated rings. The highest BCUT2D eigenvalue weighted by Crippen LogP contribution is 2.30. The number of aryl methyl sites for hydroxylation is 1. The van der Waals surface area contributed by atoms with Gasteiger partial charge in [-0.05, 0) is 43.7 Å². The molecule has 1 aromatic rings. The van der Waals surface area contributed by atoms with Crippen LogP contribution in [-0.4, -0.2) is 59.0 Å². The second-order valence-electron chi connectivity index (χ2n) is 7.44. The molecule has 2 rings (SSSR count). The van der Waals surface area contributed by atoms with E-state index in [0.717, 1.165) is 0 Å². The van der Waals surface area contributed by atoms with Crippen LogP contribution in [0.4, 0.5) is 10.1 Å². The van der Waals surface area contributed by atoms with Crippen LogP contribution in [0.25, 0.3) is 0 Å². The lowest BCUT2D eigenvalue weighted by Gasteiger charge is -2.23. The highest BCUT2D eigenvalue weighted by Gasteiger charge is 2.33. The number of benzene rings is 1. The molecule has 0 radical (unpaired) electrons. The molecule has 0 bridgehead atoms. The molecule has 1 aromatic carbocycles. The molecule has 0 saturated carbocycles. The fourth-order valence-corrected chi connectivity index (χ4v) is 3.22. The van der Waals surface area contributed by atoms with Gasteiger partial charge in [0.25, 0.3) is 5.78 Å². The normalized spacial score (nSPS) is 24.1. The first-order chi connectivity index (χ1) is 14.1. The number of phenolic OH excluding ortho intramolecular Hbond substituents is 1. The Morgan fingerprint density at radius 3 is 2.53 bits per heavy atom. The second-order valence-corrected chi connectivity index (χ2v) is 7.44. The van der Waals surface area contributed by atoms with E-state index >= 15 is 0 Å². The van der Waals surface area contributed by atoms with Crippen molar-refractivity contribution in [1.29, 1.82) is 0 Å². The van der Waals surface area contributed by atoms with Crippen molar-refractivity contribution in [2.75, 3.05) is 18.5 Å². The minimum atomic E-state index is -2.15. The van der Waals surface area contributed by atoms with Crippen LogP contribution in [0.2, 0.25) is 0 Å². The lowest BCUT2D eigenvalue weighted by atomic mass is 9.93. The molecule has 1 heterocycles. The Bertz CT molecular complexity index is 839. The first kappa shape index (κ1) is 23.5. The number of phenols is 1. The summed E-state index contributed by atoms with van der Waals surface area (Å²) in [5.41, 5.74) is 0.757. The van der Waals surface area contributed by atoms with Crippen molar-refractivity contribution in [3.8, 4) is 5.75 Å². The van der Waals surface area contributed by atoms with Crippen LogP contribution in [0, 0.1) is 5.92 Å². The van der Waals surface area contributed by atoms with E-state index in [1.807, 2.05) is 0 Å². The molecule has 3 N–H and O–H groups in total. The third-order valence-corrected chi connectivity index (χ3v) is 5.13. The zero-order valence-electron chi connectivity index (χ0n) is 16.9. The number of anilines is 1. The number of aromatic hydroxyl groups is 1. The number of ketones is 3. The monoisotopic (exact) mass is 423 g/mol. The predicted octanol–water partition coefficient (Wildman–Crippen LogP) is 1.75. The van der Waals surface area contributed by atoms with Gasteiger partial charge in [-0.2, -0.15) is 0 Å². The van der Waals surface area contributed by atoms with Gasteiger partial charge in [-0.1, -0.05) is 6.92 Å². The van der Waals surface area contributed by atoms with Gasteiger partial charge in [0.05, 0.1) is 6.61 Å². The zero-order chi connectivity index (χ0) is 22.4. The van der Waals surface area contributed by atoms with Crippen LogP contribution in [-0.2, 0) is 25.5 Å². The zero-order valence-corrected chi connectivity index (χ0v) is 16.9. The molecule has 9 heteroatoms. The lowest BCUT2D eigenvalue weighted by molar-refractivity contribution is -0.146. The van der Waals surface area contributed by atoms with Crippen molar-refractivity contribution < 1.29 is 38.5 Å². The van der Waals surface area contributed by atoms with E-state index in [0.29, 0.717) is 11.3 Å². The van der Waals surface area contributed by atoms with E-state index in [2.05, 4.69) is 5.32 Å². The van der Waals surface area contributed by atoms with E-state index in [9.17, 15) is 28.7 Å². The maximum Gasteiger partial charge on any atom is 0.342 e. The molecular weight excluding hydrogens is 397 g/mol. The van der Waals surface area contributed by atoms with Gasteiger partial charge in [-0.25, -0.2) is 9.18 Å². The summed E-state index contributed by atoms with van der Waals surface area (Å²) in [7, 11) is 0. The number of hydrogen-bond acceptors (Lipinski definition) is 8. The Morgan fingerprint density at radius 1 is 1.17 bits per heavy atom.